The number of nitrogens with two attached hydrogens (primary N) is 1. The van der Waals surface area contributed by atoms with Crippen LogP contribution >= 0.6 is 0 Å². The van der Waals surface area contributed by atoms with Crippen LogP contribution in [0.15, 0.2) is 61.2 Å². The Kier molecular flexibility index (Phi) is 4.42. The quantitative estimate of drug-likeness (QED) is 0.371. The van der Waals surface area contributed by atoms with Gasteiger partial charge in [0, 0.05) is 17.5 Å². The first kappa shape index (κ1) is 18.8. The normalized spacial score (nSPS) is 21.1. The Hall–Kier alpha value is -3.53. The number of nitrogens with one attached hydrogen (secondary N) is 1. The molecule has 2 unspecified atom stereocenters. The number of fused-ring (bicyclic) bond motifs is 1. The summed E-state index contributed by atoms with van der Waals surface area (Å²) in [5.41, 5.74) is 7.04. The third-order valence-electron chi connectivity index (χ3n) is 4.86. The van der Waals surface area contributed by atoms with Gasteiger partial charge in [0.1, 0.15) is 18.4 Å². The molecular formula is C19H17N5O4S. The predicted octanol–water partition coefficient (Wildman–Crippen LogP) is 1.47. The van der Waals surface area contributed by atoms with Gasteiger partial charge >= 0.3 is 5.97 Å². The molecule has 29 heavy (non-hydrogen) atoms. The van der Waals surface area contributed by atoms with E-state index in [0.717, 1.165) is 6.26 Å². The van der Waals surface area contributed by atoms with E-state index >= 15 is 0 Å². The second-order valence-electron chi connectivity index (χ2n) is 6.56. The van der Waals surface area contributed by atoms with E-state index in [9.17, 15) is 13.2 Å². The standard InChI is InChI=1S/C19H17N5O4S/c1-29(26,27)19(12-6-3-2-4-7-12)16(24-18-22-10-21-11-23-18)15-13(20)8-5-9-14(15)28-17(19)25/h2-11,16H,20H2,1H3,(H,21,22,23,24). The van der Waals surface area contributed by atoms with Crippen molar-refractivity contribution in [3.63, 3.8) is 0 Å². The average molecular weight is 411 g/mol. The highest BCUT2D eigenvalue weighted by atomic mass is 32.2. The van der Waals surface area contributed by atoms with Crippen molar-refractivity contribution in [2.45, 2.75) is 10.8 Å². The highest BCUT2D eigenvalue weighted by Gasteiger charge is 2.61. The number of anilines is 2. The molecule has 0 saturated carbocycles. The molecule has 0 saturated heterocycles. The van der Waals surface area contributed by atoms with E-state index in [1.165, 1.54) is 12.7 Å². The fourth-order valence-electron chi connectivity index (χ4n) is 3.62. The number of esters is 1. The van der Waals surface area contributed by atoms with Gasteiger partial charge in [0.2, 0.25) is 10.7 Å². The van der Waals surface area contributed by atoms with Crippen LogP contribution in [-0.2, 0) is 19.4 Å². The molecule has 0 amide bonds. The van der Waals surface area contributed by atoms with Crippen LogP contribution in [-0.4, -0.2) is 35.6 Å². The van der Waals surface area contributed by atoms with Crippen molar-refractivity contribution in [3.05, 3.63) is 72.3 Å². The van der Waals surface area contributed by atoms with Gasteiger partial charge in [0.25, 0.3) is 0 Å². The summed E-state index contributed by atoms with van der Waals surface area (Å²) in [5, 5.41) is 2.98. The number of aromatic nitrogens is 3. The van der Waals surface area contributed by atoms with Gasteiger partial charge in [-0.2, -0.15) is 0 Å². The number of nitrogens with zero attached hydrogens (tertiary/aromatic N) is 3. The molecule has 3 aromatic rings. The first-order valence-electron chi connectivity index (χ1n) is 8.60. The lowest BCUT2D eigenvalue weighted by molar-refractivity contribution is -0.139. The molecule has 0 fully saturated rings. The summed E-state index contributed by atoms with van der Waals surface area (Å²) in [4.78, 5) is 25.1. The molecular weight excluding hydrogens is 394 g/mol. The highest BCUT2D eigenvalue weighted by molar-refractivity contribution is 7.92. The topological polar surface area (TPSA) is 137 Å². The number of ether oxygens (including phenoxy) is 1. The highest BCUT2D eigenvalue weighted by Crippen LogP contribution is 2.51. The van der Waals surface area contributed by atoms with Crippen molar-refractivity contribution in [1.29, 1.82) is 0 Å². The van der Waals surface area contributed by atoms with Crippen molar-refractivity contribution in [2.24, 2.45) is 0 Å². The Morgan fingerprint density at radius 2 is 1.76 bits per heavy atom. The zero-order valence-electron chi connectivity index (χ0n) is 15.3. The molecule has 1 aromatic heterocycles. The Labute approximate surface area is 166 Å². The molecule has 3 N–H and O–H groups in total. The van der Waals surface area contributed by atoms with Crippen molar-refractivity contribution in [3.8, 4) is 5.75 Å². The zero-order valence-corrected chi connectivity index (χ0v) is 16.1. The Morgan fingerprint density at radius 1 is 1.07 bits per heavy atom. The van der Waals surface area contributed by atoms with Crippen LogP contribution in [0.5, 0.6) is 5.75 Å². The molecule has 1 aliphatic rings. The van der Waals surface area contributed by atoms with Gasteiger partial charge in [-0.15, -0.1) is 0 Å². The average Bonchev–Trinajstić information content (AvgIpc) is 2.68. The van der Waals surface area contributed by atoms with Crippen molar-refractivity contribution in [2.75, 3.05) is 17.3 Å². The maximum atomic E-state index is 13.3. The minimum atomic E-state index is -4.08. The fraction of sp³-hybridized carbons (Fsp3) is 0.158. The monoisotopic (exact) mass is 411 g/mol. The summed E-state index contributed by atoms with van der Waals surface area (Å²) >= 11 is 0. The summed E-state index contributed by atoms with van der Waals surface area (Å²) in [7, 11) is -4.08. The zero-order chi connectivity index (χ0) is 20.6. The van der Waals surface area contributed by atoms with Crippen molar-refractivity contribution >= 4 is 27.4 Å². The Balaban J connectivity index is 2.06. The number of carbonyl (C=O) groups excluding carboxylic acids is 1. The lowest BCUT2D eigenvalue weighted by atomic mass is 9.83. The van der Waals surface area contributed by atoms with E-state index in [2.05, 4.69) is 20.3 Å². The molecule has 0 radical (unpaired) electrons. The third-order valence-corrected chi connectivity index (χ3v) is 6.66. The first-order valence-corrected chi connectivity index (χ1v) is 10.5. The van der Waals surface area contributed by atoms with Gasteiger partial charge in [-0.25, -0.2) is 28.2 Å². The van der Waals surface area contributed by atoms with Gasteiger partial charge in [-0.1, -0.05) is 36.4 Å². The summed E-state index contributed by atoms with van der Waals surface area (Å²) in [6.45, 7) is 0. The summed E-state index contributed by atoms with van der Waals surface area (Å²) in [5.74, 6) is -0.662. The van der Waals surface area contributed by atoms with Crippen LogP contribution in [0.3, 0.4) is 0 Å². The van der Waals surface area contributed by atoms with Gasteiger partial charge in [-0.3, -0.25) is 0 Å². The predicted molar refractivity (Wildman–Crippen MR) is 106 cm³/mol. The summed E-state index contributed by atoms with van der Waals surface area (Å²) < 4.78 is 29.8. The number of nitrogen functional groups attached to an aromatic ring is 1. The minimum Gasteiger partial charge on any atom is -0.425 e. The lowest BCUT2D eigenvalue weighted by Crippen LogP contribution is -2.55. The second-order valence-corrected chi connectivity index (χ2v) is 8.75. The van der Waals surface area contributed by atoms with E-state index in [1.807, 2.05) is 0 Å². The number of benzene rings is 2. The molecule has 10 heteroatoms. The van der Waals surface area contributed by atoms with Crippen LogP contribution in [0.1, 0.15) is 17.2 Å². The van der Waals surface area contributed by atoms with Gasteiger partial charge < -0.3 is 15.8 Å². The van der Waals surface area contributed by atoms with Gasteiger partial charge in [-0.05, 0) is 17.7 Å². The minimum absolute atomic E-state index is 0.0952. The van der Waals surface area contributed by atoms with Crippen LogP contribution in [0.4, 0.5) is 11.6 Å². The number of sulfone groups is 1. The maximum absolute atomic E-state index is 13.3. The molecule has 2 heterocycles. The molecule has 9 nitrogen and oxygen atoms in total. The fourth-order valence-corrected chi connectivity index (χ4v) is 5.14. The SMILES string of the molecule is CS(=O)(=O)C1(c2ccccc2)C(=O)Oc2cccc(N)c2C1Nc1ncncn1. The maximum Gasteiger partial charge on any atom is 0.340 e. The molecule has 0 aliphatic carbocycles. The largest absolute Gasteiger partial charge is 0.425 e. The number of hydrogen-bond acceptors (Lipinski definition) is 9. The van der Waals surface area contributed by atoms with Crippen LogP contribution in [0, 0.1) is 0 Å². The summed E-state index contributed by atoms with van der Waals surface area (Å²) in [6, 6.07) is 11.8. The number of hydrogen-bond donors (Lipinski definition) is 2. The number of carbonyl (C=O) groups is 1. The second kappa shape index (κ2) is 6.82. The van der Waals surface area contributed by atoms with Crippen LogP contribution in [0.2, 0.25) is 0 Å². The third kappa shape index (κ3) is 2.88. The molecule has 148 valence electrons. The lowest BCUT2D eigenvalue weighted by Gasteiger charge is -2.42. The van der Waals surface area contributed by atoms with E-state index < -0.39 is 26.6 Å². The van der Waals surface area contributed by atoms with Crippen molar-refractivity contribution < 1.29 is 17.9 Å². The van der Waals surface area contributed by atoms with Gasteiger partial charge in [0.05, 0.1) is 6.04 Å². The molecule has 1 aliphatic heterocycles. The molecule has 2 aromatic carbocycles. The number of rotatable bonds is 4. The molecule has 0 spiro atoms. The Morgan fingerprint density at radius 3 is 2.41 bits per heavy atom. The van der Waals surface area contributed by atoms with E-state index in [4.69, 9.17) is 10.5 Å². The van der Waals surface area contributed by atoms with Crippen LogP contribution < -0.4 is 15.8 Å². The molecule has 4 rings (SSSR count). The molecule has 2 atom stereocenters. The first-order chi connectivity index (χ1) is 13.9. The van der Waals surface area contributed by atoms with E-state index in [-0.39, 0.29) is 22.9 Å². The van der Waals surface area contributed by atoms with E-state index in [0.29, 0.717) is 5.56 Å². The summed E-state index contributed by atoms with van der Waals surface area (Å²) in [6.07, 6.45) is 3.51. The van der Waals surface area contributed by atoms with Crippen LogP contribution in [0.25, 0.3) is 0 Å². The van der Waals surface area contributed by atoms with E-state index in [1.54, 1.807) is 48.5 Å². The Bertz CT molecular complexity index is 1170. The van der Waals surface area contributed by atoms with Crippen molar-refractivity contribution in [1.82, 2.24) is 15.0 Å². The van der Waals surface area contributed by atoms with Gasteiger partial charge in [0.15, 0.2) is 9.84 Å². The molecule has 0 bridgehead atoms. The smallest absolute Gasteiger partial charge is 0.340 e.